The standard InChI is InChI=1S/C21H28N2O/c1-17(2)23(16-19-10-5-4-6-11-19)14-13-21(24)22-15-20-12-8-7-9-18(20)3/h4-12,17H,13-16H2,1-3H3,(H,22,24). The van der Waals surface area contributed by atoms with Crippen LogP contribution in [0.1, 0.15) is 37.0 Å². The lowest BCUT2D eigenvalue weighted by Gasteiger charge is -2.26. The van der Waals surface area contributed by atoms with Crippen LogP contribution in [0, 0.1) is 6.92 Å². The van der Waals surface area contributed by atoms with Gasteiger partial charge in [-0.1, -0.05) is 54.6 Å². The molecule has 3 nitrogen and oxygen atoms in total. The summed E-state index contributed by atoms with van der Waals surface area (Å²) < 4.78 is 0. The lowest BCUT2D eigenvalue weighted by molar-refractivity contribution is -0.121. The number of nitrogens with one attached hydrogen (secondary N) is 1. The van der Waals surface area contributed by atoms with Gasteiger partial charge in [-0.05, 0) is 37.5 Å². The molecule has 2 aromatic rings. The molecular weight excluding hydrogens is 296 g/mol. The van der Waals surface area contributed by atoms with Crippen LogP contribution in [0.15, 0.2) is 54.6 Å². The molecule has 0 bridgehead atoms. The summed E-state index contributed by atoms with van der Waals surface area (Å²) in [6, 6.07) is 19.0. The molecule has 0 aliphatic rings. The van der Waals surface area contributed by atoms with Gasteiger partial charge in [0, 0.05) is 32.1 Å². The predicted molar refractivity (Wildman–Crippen MR) is 99.6 cm³/mol. The SMILES string of the molecule is Cc1ccccc1CNC(=O)CCN(Cc1ccccc1)C(C)C. The van der Waals surface area contributed by atoms with E-state index in [1.807, 2.05) is 18.2 Å². The third-order valence-corrected chi connectivity index (χ3v) is 4.32. The van der Waals surface area contributed by atoms with Gasteiger partial charge in [0.2, 0.25) is 5.91 Å². The second-order valence-corrected chi connectivity index (χ2v) is 6.50. The fraction of sp³-hybridized carbons (Fsp3) is 0.381. The van der Waals surface area contributed by atoms with E-state index in [0.29, 0.717) is 19.0 Å². The Labute approximate surface area is 145 Å². The Morgan fingerprint density at radius 1 is 1.04 bits per heavy atom. The Balaban J connectivity index is 1.81. The molecule has 0 atom stereocenters. The minimum absolute atomic E-state index is 0.108. The Kier molecular flexibility index (Phi) is 7.01. The first-order chi connectivity index (χ1) is 11.6. The number of rotatable bonds is 8. The molecule has 2 rings (SSSR count). The van der Waals surface area contributed by atoms with Gasteiger partial charge in [0.05, 0.1) is 0 Å². The first-order valence-electron chi connectivity index (χ1n) is 8.65. The van der Waals surface area contributed by atoms with Crippen LogP contribution in [-0.4, -0.2) is 23.4 Å². The largest absolute Gasteiger partial charge is 0.352 e. The second-order valence-electron chi connectivity index (χ2n) is 6.50. The highest BCUT2D eigenvalue weighted by atomic mass is 16.1. The molecule has 1 amide bonds. The van der Waals surface area contributed by atoms with E-state index in [1.54, 1.807) is 0 Å². The summed E-state index contributed by atoms with van der Waals surface area (Å²) in [7, 11) is 0. The first-order valence-corrected chi connectivity index (χ1v) is 8.65. The Hall–Kier alpha value is -2.13. The van der Waals surface area contributed by atoms with Crippen molar-refractivity contribution in [2.24, 2.45) is 0 Å². The van der Waals surface area contributed by atoms with E-state index in [1.165, 1.54) is 16.7 Å². The highest BCUT2D eigenvalue weighted by molar-refractivity contribution is 5.76. The maximum absolute atomic E-state index is 12.2. The first kappa shape index (κ1) is 18.2. The molecule has 0 heterocycles. The quantitative estimate of drug-likeness (QED) is 0.798. The van der Waals surface area contributed by atoms with Gasteiger partial charge in [-0.3, -0.25) is 9.69 Å². The Morgan fingerprint density at radius 3 is 2.38 bits per heavy atom. The summed E-state index contributed by atoms with van der Waals surface area (Å²) in [5, 5.41) is 3.03. The molecule has 0 radical (unpaired) electrons. The zero-order chi connectivity index (χ0) is 17.4. The molecule has 0 aromatic heterocycles. The zero-order valence-electron chi connectivity index (χ0n) is 15.0. The van der Waals surface area contributed by atoms with E-state index in [9.17, 15) is 4.79 Å². The van der Waals surface area contributed by atoms with Crippen molar-refractivity contribution in [2.45, 2.75) is 46.3 Å². The third-order valence-electron chi connectivity index (χ3n) is 4.32. The molecule has 0 saturated carbocycles. The van der Waals surface area contributed by atoms with Crippen molar-refractivity contribution in [3.63, 3.8) is 0 Å². The smallest absolute Gasteiger partial charge is 0.221 e. The summed E-state index contributed by atoms with van der Waals surface area (Å²) in [5.74, 6) is 0.108. The number of carbonyl (C=O) groups excluding carboxylic acids is 1. The van der Waals surface area contributed by atoms with Crippen LogP contribution in [0.3, 0.4) is 0 Å². The lowest BCUT2D eigenvalue weighted by Crippen LogP contribution is -2.34. The molecule has 0 fully saturated rings. The summed E-state index contributed by atoms with van der Waals surface area (Å²) in [5.41, 5.74) is 3.67. The van der Waals surface area contributed by atoms with Gasteiger partial charge in [0.25, 0.3) is 0 Å². The Bertz CT molecular complexity index is 637. The number of nitrogens with zero attached hydrogens (tertiary/aromatic N) is 1. The number of carbonyl (C=O) groups is 1. The summed E-state index contributed by atoms with van der Waals surface area (Å²) in [6.07, 6.45) is 0.525. The highest BCUT2D eigenvalue weighted by Gasteiger charge is 2.12. The fourth-order valence-corrected chi connectivity index (χ4v) is 2.67. The van der Waals surface area contributed by atoms with E-state index in [2.05, 4.69) is 67.4 Å². The highest BCUT2D eigenvalue weighted by Crippen LogP contribution is 2.09. The van der Waals surface area contributed by atoms with Gasteiger partial charge in [0.15, 0.2) is 0 Å². The number of hydrogen-bond donors (Lipinski definition) is 1. The van der Waals surface area contributed by atoms with E-state index in [0.717, 1.165) is 13.1 Å². The molecular formula is C21H28N2O. The second kappa shape index (κ2) is 9.24. The van der Waals surface area contributed by atoms with Crippen molar-refractivity contribution in [2.75, 3.05) is 6.54 Å². The minimum Gasteiger partial charge on any atom is -0.352 e. The van der Waals surface area contributed by atoms with E-state index in [-0.39, 0.29) is 5.91 Å². The average Bonchev–Trinajstić information content (AvgIpc) is 2.58. The molecule has 3 heteroatoms. The lowest BCUT2D eigenvalue weighted by atomic mass is 10.1. The molecule has 0 unspecified atom stereocenters. The molecule has 0 aliphatic carbocycles. The van der Waals surface area contributed by atoms with Crippen LogP contribution >= 0.6 is 0 Å². The topological polar surface area (TPSA) is 32.3 Å². The van der Waals surface area contributed by atoms with Gasteiger partial charge in [-0.2, -0.15) is 0 Å². The van der Waals surface area contributed by atoms with Gasteiger partial charge < -0.3 is 5.32 Å². The van der Waals surface area contributed by atoms with Crippen molar-refractivity contribution in [3.05, 3.63) is 71.3 Å². The van der Waals surface area contributed by atoms with Crippen LogP contribution in [0.2, 0.25) is 0 Å². The normalized spacial score (nSPS) is 11.0. The predicted octanol–water partition coefficient (Wildman–Crippen LogP) is 3.91. The molecule has 1 N–H and O–H groups in total. The molecule has 24 heavy (non-hydrogen) atoms. The number of aryl methyl sites for hydroxylation is 1. The van der Waals surface area contributed by atoms with Gasteiger partial charge in [-0.15, -0.1) is 0 Å². The summed E-state index contributed by atoms with van der Waals surface area (Å²) >= 11 is 0. The van der Waals surface area contributed by atoms with E-state index in [4.69, 9.17) is 0 Å². The molecule has 0 spiro atoms. The monoisotopic (exact) mass is 324 g/mol. The zero-order valence-corrected chi connectivity index (χ0v) is 15.0. The summed E-state index contributed by atoms with van der Waals surface area (Å²) in [4.78, 5) is 14.5. The third kappa shape index (κ3) is 5.82. The molecule has 0 aliphatic heterocycles. The Morgan fingerprint density at radius 2 is 1.71 bits per heavy atom. The van der Waals surface area contributed by atoms with Crippen LogP contribution in [-0.2, 0) is 17.9 Å². The molecule has 128 valence electrons. The number of benzene rings is 2. The van der Waals surface area contributed by atoms with E-state index >= 15 is 0 Å². The van der Waals surface area contributed by atoms with Gasteiger partial charge in [-0.25, -0.2) is 0 Å². The van der Waals surface area contributed by atoms with Gasteiger partial charge in [0.1, 0.15) is 0 Å². The maximum atomic E-state index is 12.2. The van der Waals surface area contributed by atoms with Crippen LogP contribution in [0.5, 0.6) is 0 Å². The van der Waals surface area contributed by atoms with E-state index < -0.39 is 0 Å². The van der Waals surface area contributed by atoms with Crippen LogP contribution in [0.25, 0.3) is 0 Å². The van der Waals surface area contributed by atoms with Crippen molar-refractivity contribution < 1.29 is 4.79 Å². The number of hydrogen-bond acceptors (Lipinski definition) is 2. The van der Waals surface area contributed by atoms with Crippen LogP contribution < -0.4 is 5.32 Å². The van der Waals surface area contributed by atoms with Crippen molar-refractivity contribution in [1.29, 1.82) is 0 Å². The van der Waals surface area contributed by atoms with Crippen molar-refractivity contribution in [1.82, 2.24) is 10.2 Å². The van der Waals surface area contributed by atoms with Crippen LogP contribution in [0.4, 0.5) is 0 Å². The minimum atomic E-state index is 0.108. The average molecular weight is 324 g/mol. The fourth-order valence-electron chi connectivity index (χ4n) is 2.67. The maximum Gasteiger partial charge on any atom is 0.221 e. The molecule has 0 saturated heterocycles. The summed E-state index contributed by atoms with van der Waals surface area (Å²) in [6.45, 7) is 8.67. The van der Waals surface area contributed by atoms with Gasteiger partial charge >= 0.3 is 0 Å². The molecule has 2 aromatic carbocycles. The number of amides is 1. The van der Waals surface area contributed by atoms with Crippen molar-refractivity contribution in [3.8, 4) is 0 Å². The van der Waals surface area contributed by atoms with Crippen molar-refractivity contribution >= 4 is 5.91 Å².